The summed E-state index contributed by atoms with van der Waals surface area (Å²) >= 11 is 0. The van der Waals surface area contributed by atoms with Crippen LogP contribution in [0.2, 0.25) is 0 Å². The number of carbonyl (C=O) groups excluding carboxylic acids is 1. The Morgan fingerprint density at radius 2 is 2.22 bits per heavy atom. The smallest absolute Gasteiger partial charge is 0.326 e. The lowest BCUT2D eigenvalue weighted by Gasteiger charge is -2.13. The molecule has 18 heavy (non-hydrogen) atoms. The van der Waals surface area contributed by atoms with E-state index >= 15 is 0 Å². The molecule has 0 saturated carbocycles. The van der Waals surface area contributed by atoms with Gasteiger partial charge in [0.05, 0.1) is 6.61 Å². The molecule has 2 N–H and O–H groups in total. The number of aliphatic carboxylic acids is 1. The van der Waals surface area contributed by atoms with Crippen molar-refractivity contribution >= 4 is 11.9 Å². The van der Waals surface area contributed by atoms with Crippen molar-refractivity contribution in [2.24, 2.45) is 0 Å². The molecule has 1 aromatic heterocycles. The molecule has 0 aliphatic carbocycles. The predicted octanol–water partition coefficient (Wildman–Crippen LogP) is 1.07. The Balaban J connectivity index is 2.86. The van der Waals surface area contributed by atoms with Crippen LogP contribution in [-0.2, 0) is 4.79 Å². The maximum absolute atomic E-state index is 11.9. The van der Waals surface area contributed by atoms with Crippen LogP contribution in [0.15, 0.2) is 18.3 Å². The molecule has 1 rings (SSSR count). The van der Waals surface area contributed by atoms with Crippen LogP contribution in [0, 0.1) is 0 Å². The first-order valence-corrected chi connectivity index (χ1v) is 5.71. The average Bonchev–Trinajstić information content (AvgIpc) is 2.36. The number of rotatable bonds is 6. The molecular weight excluding hydrogens is 236 g/mol. The molecule has 0 spiro atoms. The Bertz CT molecular complexity index is 434. The topological polar surface area (TPSA) is 88.5 Å². The minimum atomic E-state index is -1.06. The van der Waals surface area contributed by atoms with Crippen molar-refractivity contribution in [3.63, 3.8) is 0 Å². The standard InChI is InChI=1S/C12H16N2O4/c1-3-9(12(16)17)14-10(15)8-6-5-7-13-11(8)18-4-2/h5-7,9H,3-4H2,1-2H3,(H,14,15)(H,16,17). The highest BCUT2D eigenvalue weighted by molar-refractivity contribution is 5.98. The summed E-state index contributed by atoms with van der Waals surface area (Å²) in [7, 11) is 0. The fourth-order valence-corrected chi connectivity index (χ4v) is 1.39. The lowest BCUT2D eigenvalue weighted by molar-refractivity contribution is -0.139. The van der Waals surface area contributed by atoms with Gasteiger partial charge in [-0.1, -0.05) is 6.92 Å². The first kappa shape index (κ1) is 14.0. The number of hydrogen-bond acceptors (Lipinski definition) is 4. The van der Waals surface area contributed by atoms with Crippen molar-refractivity contribution in [2.45, 2.75) is 26.3 Å². The maximum atomic E-state index is 11.9. The van der Waals surface area contributed by atoms with Gasteiger partial charge in [0.25, 0.3) is 5.91 Å². The van der Waals surface area contributed by atoms with Crippen molar-refractivity contribution in [2.75, 3.05) is 6.61 Å². The van der Waals surface area contributed by atoms with Gasteiger partial charge in [-0.3, -0.25) is 4.79 Å². The molecule has 1 unspecified atom stereocenters. The molecule has 0 aliphatic heterocycles. The zero-order chi connectivity index (χ0) is 13.5. The van der Waals surface area contributed by atoms with Crippen LogP contribution in [0.4, 0.5) is 0 Å². The summed E-state index contributed by atoms with van der Waals surface area (Å²) in [6.45, 7) is 3.85. The van der Waals surface area contributed by atoms with Gasteiger partial charge in [0, 0.05) is 6.20 Å². The molecule has 1 amide bonds. The number of pyridine rings is 1. The third-order valence-electron chi connectivity index (χ3n) is 2.31. The monoisotopic (exact) mass is 252 g/mol. The molecule has 0 aliphatic rings. The molecule has 1 atom stereocenters. The quantitative estimate of drug-likeness (QED) is 0.790. The van der Waals surface area contributed by atoms with Gasteiger partial charge in [-0.25, -0.2) is 9.78 Å². The number of hydrogen-bond donors (Lipinski definition) is 2. The first-order chi connectivity index (χ1) is 8.60. The number of aromatic nitrogens is 1. The summed E-state index contributed by atoms with van der Waals surface area (Å²) in [5, 5.41) is 11.3. The molecule has 6 heteroatoms. The van der Waals surface area contributed by atoms with E-state index in [0.29, 0.717) is 13.0 Å². The van der Waals surface area contributed by atoms with Gasteiger partial charge in [-0.2, -0.15) is 0 Å². The summed E-state index contributed by atoms with van der Waals surface area (Å²) in [6.07, 6.45) is 1.82. The van der Waals surface area contributed by atoms with E-state index < -0.39 is 17.9 Å². The van der Waals surface area contributed by atoms with Crippen LogP contribution in [0.1, 0.15) is 30.6 Å². The van der Waals surface area contributed by atoms with Gasteiger partial charge in [-0.15, -0.1) is 0 Å². The average molecular weight is 252 g/mol. The van der Waals surface area contributed by atoms with Crippen molar-refractivity contribution in [3.05, 3.63) is 23.9 Å². The first-order valence-electron chi connectivity index (χ1n) is 5.71. The molecule has 0 radical (unpaired) electrons. The van der Waals surface area contributed by atoms with E-state index in [1.807, 2.05) is 0 Å². The molecule has 6 nitrogen and oxygen atoms in total. The SMILES string of the molecule is CCOc1ncccc1C(=O)NC(CC)C(=O)O. The van der Waals surface area contributed by atoms with Crippen molar-refractivity contribution in [1.29, 1.82) is 0 Å². The number of carboxylic acid groups (broad SMARTS) is 1. The van der Waals surface area contributed by atoms with Gasteiger partial charge in [-0.05, 0) is 25.5 Å². The third kappa shape index (κ3) is 3.44. The minimum absolute atomic E-state index is 0.206. The third-order valence-corrected chi connectivity index (χ3v) is 2.31. The van der Waals surface area contributed by atoms with Crippen LogP contribution in [-0.4, -0.2) is 34.6 Å². The van der Waals surface area contributed by atoms with Gasteiger partial charge in [0.1, 0.15) is 11.6 Å². The Morgan fingerprint density at radius 3 is 2.78 bits per heavy atom. The van der Waals surface area contributed by atoms with E-state index in [-0.39, 0.29) is 11.4 Å². The van der Waals surface area contributed by atoms with Gasteiger partial charge >= 0.3 is 5.97 Å². The van der Waals surface area contributed by atoms with Gasteiger partial charge in [0.2, 0.25) is 5.88 Å². The van der Waals surface area contributed by atoms with Crippen molar-refractivity contribution < 1.29 is 19.4 Å². The lowest BCUT2D eigenvalue weighted by atomic mass is 10.2. The van der Waals surface area contributed by atoms with Crippen LogP contribution >= 0.6 is 0 Å². The highest BCUT2D eigenvalue weighted by atomic mass is 16.5. The second kappa shape index (κ2) is 6.58. The van der Waals surface area contributed by atoms with E-state index in [2.05, 4.69) is 10.3 Å². The normalized spacial score (nSPS) is 11.7. The molecular formula is C12H16N2O4. The number of nitrogens with zero attached hydrogens (tertiary/aromatic N) is 1. The van der Waals surface area contributed by atoms with E-state index in [0.717, 1.165) is 0 Å². The second-order valence-corrected chi connectivity index (χ2v) is 3.56. The Hall–Kier alpha value is -2.11. The van der Waals surface area contributed by atoms with E-state index in [1.54, 1.807) is 26.0 Å². The van der Waals surface area contributed by atoms with E-state index in [1.165, 1.54) is 6.20 Å². The Morgan fingerprint density at radius 1 is 1.50 bits per heavy atom. The molecule has 0 fully saturated rings. The number of carboxylic acids is 1. The Labute approximate surface area is 105 Å². The fraction of sp³-hybridized carbons (Fsp3) is 0.417. The van der Waals surface area contributed by atoms with Gasteiger partial charge in [0.15, 0.2) is 0 Å². The highest BCUT2D eigenvalue weighted by Crippen LogP contribution is 2.14. The fourth-order valence-electron chi connectivity index (χ4n) is 1.39. The zero-order valence-corrected chi connectivity index (χ0v) is 10.3. The lowest BCUT2D eigenvalue weighted by Crippen LogP contribution is -2.40. The largest absolute Gasteiger partial charge is 0.480 e. The summed E-state index contributed by atoms with van der Waals surface area (Å²) in [5.41, 5.74) is 0.235. The molecule has 1 aromatic rings. The van der Waals surface area contributed by atoms with Crippen molar-refractivity contribution in [1.82, 2.24) is 10.3 Å². The predicted molar refractivity (Wildman–Crippen MR) is 64.6 cm³/mol. The molecule has 0 aromatic carbocycles. The van der Waals surface area contributed by atoms with Crippen LogP contribution < -0.4 is 10.1 Å². The summed E-state index contributed by atoms with van der Waals surface area (Å²) in [6, 6.07) is 2.23. The summed E-state index contributed by atoms with van der Waals surface area (Å²) in [4.78, 5) is 26.7. The highest BCUT2D eigenvalue weighted by Gasteiger charge is 2.21. The molecule has 98 valence electrons. The number of nitrogens with one attached hydrogen (secondary N) is 1. The summed E-state index contributed by atoms with van der Waals surface area (Å²) in [5.74, 6) is -1.36. The van der Waals surface area contributed by atoms with Crippen LogP contribution in [0.3, 0.4) is 0 Å². The second-order valence-electron chi connectivity index (χ2n) is 3.56. The number of amides is 1. The number of carbonyl (C=O) groups is 2. The molecule has 0 bridgehead atoms. The van der Waals surface area contributed by atoms with Crippen LogP contribution in [0.25, 0.3) is 0 Å². The van der Waals surface area contributed by atoms with E-state index in [4.69, 9.17) is 9.84 Å². The minimum Gasteiger partial charge on any atom is -0.480 e. The van der Waals surface area contributed by atoms with Crippen molar-refractivity contribution in [3.8, 4) is 5.88 Å². The summed E-state index contributed by atoms with van der Waals surface area (Å²) < 4.78 is 5.21. The molecule has 0 saturated heterocycles. The number of ether oxygens (including phenoxy) is 1. The maximum Gasteiger partial charge on any atom is 0.326 e. The van der Waals surface area contributed by atoms with E-state index in [9.17, 15) is 9.59 Å². The Kier molecular flexibility index (Phi) is 5.10. The zero-order valence-electron chi connectivity index (χ0n) is 10.3. The van der Waals surface area contributed by atoms with Gasteiger partial charge < -0.3 is 15.2 Å². The van der Waals surface area contributed by atoms with Crippen LogP contribution in [0.5, 0.6) is 5.88 Å². The molecule has 1 heterocycles.